The highest BCUT2D eigenvalue weighted by atomic mass is 32.2. The maximum absolute atomic E-state index is 12.2. The Labute approximate surface area is 120 Å². The highest BCUT2D eigenvalue weighted by Crippen LogP contribution is 2.35. The molecule has 2 nitrogen and oxygen atoms in total. The summed E-state index contributed by atoms with van der Waals surface area (Å²) in [4.78, 5) is 15.3. The molecule has 1 fully saturated rings. The molecule has 0 saturated heterocycles. The van der Waals surface area contributed by atoms with Gasteiger partial charge in [-0.05, 0) is 51.2 Å². The van der Waals surface area contributed by atoms with Gasteiger partial charge >= 0.3 is 0 Å². The zero-order valence-corrected chi connectivity index (χ0v) is 13.1. The van der Waals surface area contributed by atoms with Crippen LogP contribution in [0.3, 0.4) is 0 Å². The zero-order valence-electron chi connectivity index (χ0n) is 12.3. The average molecular weight is 277 g/mol. The van der Waals surface area contributed by atoms with Gasteiger partial charge in [0, 0.05) is 18.0 Å². The van der Waals surface area contributed by atoms with Crippen molar-refractivity contribution in [3.05, 3.63) is 29.3 Å². The third kappa shape index (κ3) is 3.75. The number of thioether (sulfide) groups is 1. The molecule has 1 unspecified atom stereocenters. The summed E-state index contributed by atoms with van der Waals surface area (Å²) < 4.78 is 0. The molecule has 0 aliphatic heterocycles. The first-order valence-electron chi connectivity index (χ1n) is 6.94. The summed E-state index contributed by atoms with van der Waals surface area (Å²) in [6.07, 6.45) is 2.56. The normalized spacial score (nSPS) is 16.2. The Hall–Kier alpha value is -0.960. The van der Waals surface area contributed by atoms with Crippen LogP contribution in [0.25, 0.3) is 0 Å². The summed E-state index contributed by atoms with van der Waals surface area (Å²) >= 11 is 1.66. The summed E-state index contributed by atoms with van der Waals surface area (Å²) in [6.45, 7) is 6.35. The first-order chi connectivity index (χ1) is 8.99. The molecule has 0 N–H and O–H groups in total. The van der Waals surface area contributed by atoms with Crippen molar-refractivity contribution in [2.45, 2.75) is 44.6 Å². The van der Waals surface area contributed by atoms with Crippen LogP contribution < -0.4 is 0 Å². The van der Waals surface area contributed by atoms with Gasteiger partial charge in [0.15, 0.2) is 0 Å². The first-order valence-corrected chi connectivity index (χ1v) is 7.93. The summed E-state index contributed by atoms with van der Waals surface area (Å²) in [5.41, 5.74) is 2.50. The molecule has 0 aromatic heterocycles. The van der Waals surface area contributed by atoms with Crippen LogP contribution in [0, 0.1) is 19.8 Å². The van der Waals surface area contributed by atoms with Crippen molar-refractivity contribution in [3.63, 3.8) is 0 Å². The van der Waals surface area contributed by atoms with E-state index >= 15 is 0 Å². The van der Waals surface area contributed by atoms with E-state index in [0.29, 0.717) is 11.8 Å². The van der Waals surface area contributed by atoms with Crippen LogP contribution in [0.5, 0.6) is 0 Å². The highest BCUT2D eigenvalue weighted by Gasteiger charge is 2.32. The van der Waals surface area contributed by atoms with Gasteiger partial charge in [-0.25, -0.2) is 0 Å². The van der Waals surface area contributed by atoms with E-state index in [4.69, 9.17) is 0 Å². The van der Waals surface area contributed by atoms with Crippen molar-refractivity contribution in [2.24, 2.45) is 5.92 Å². The van der Waals surface area contributed by atoms with Crippen molar-refractivity contribution in [3.8, 4) is 0 Å². The SMILES string of the molecule is Cc1ccc(C)c(SCC(=O)N(C)C(C)C2CC2)c1. The van der Waals surface area contributed by atoms with Gasteiger partial charge in [0.1, 0.15) is 0 Å². The third-order valence-corrected chi connectivity index (χ3v) is 5.15. The number of hydrogen-bond donors (Lipinski definition) is 0. The molecule has 1 aromatic rings. The number of benzene rings is 1. The number of carbonyl (C=O) groups excluding carboxylic acids is 1. The molecule has 1 aromatic carbocycles. The van der Waals surface area contributed by atoms with E-state index in [9.17, 15) is 4.79 Å². The van der Waals surface area contributed by atoms with E-state index in [1.165, 1.54) is 28.9 Å². The van der Waals surface area contributed by atoms with Gasteiger partial charge in [-0.3, -0.25) is 4.79 Å². The Morgan fingerprint density at radius 1 is 1.42 bits per heavy atom. The molecule has 1 atom stereocenters. The third-order valence-electron chi connectivity index (χ3n) is 4.00. The number of amides is 1. The van der Waals surface area contributed by atoms with E-state index in [0.717, 1.165) is 5.92 Å². The van der Waals surface area contributed by atoms with Gasteiger partial charge < -0.3 is 4.90 Å². The average Bonchev–Trinajstić information content (AvgIpc) is 3.22. The van der Waals surface area contributed by atoms with Crippen LogP contribution in [0.15, 0.2) is 23.1 Å². The molecule has 0 heterocycles. The van der Waals surface area contributed by atoms with E-state index in [2.05, 4.69) is 39.0 Å². The molecular weight excluding hydrogens is 254 g/mol. The quantitative estimate of drug-likeness (QED) is 0.766. The molecule has 0 bridgehead atoms. The van der Waals surface area contributed by atoms with E-state index in [1.54, 1.807) is 11.8 Å². The Bertz CT molecular complexity index is 468. The Kier molecular flexibility index (Phi) is 4.56. The van der Waals surface area contributed by atoms with Crippen LogP contribution in [0.1, 0.15) is 30.9 Å². The fourth-order valence-electron chi connectivity index (χ4n) is 2.23. The molecule has 104 valence electrons. The summed E-state index contributed by atoms with van der Waals surface area (Å²) in [5, 5.41) is 0. The lowest BCUT2D eigenvalue weighted by atomic mass is 10.2. The van der Waals surface area contributed by atoms with Gasteiger partial charge in [-0.1, -0.05) is 17.7 Å². The van der Waals surface area contributed by atoms with E-state index < -0.39 is 0 Å². The topological polar surface area (TPSA) is 20.3 Å². The predicted molar refractivity (Wildman–Crippen MR) is 81.6 cm³/mol. The lowest BCUT2D eigenvalue weighted by molar-refractivity contribution is -0.129. The molecule has 0 radical (unpaired) electrons. The van der Waals surface area contributed by atoms with Gasteiger partial charge in [0.2, 0.25) is 5.91 Å². The molecule has 3 heteroatoms. The standard InChI is InChI=1S/C16H23NOS/c1-11-5-6-12(2)15(9-11)19-10-16(18)17(4)13(3)14-7-8-14/h5-6,9,13-14H,7-8,10H2,1-4H3. The van der Waals surface area contributed by atoms with Crippen LogP contribution >= 0.6 is 11.8 Å². The second-order valence-corrected chi connectivity index (χ2v) is 6.66. The molecule has 0 spiro atoms. The van der Waals surface area contributed by atoms with Crippen LogP contribution in [0.2, 0.25) is 0 Å². The number of hydrogen-bond acceptors (Lipinski definition) is 2. The van der Waals surface area contributed by atoms with E-state index in [1.807, 2.05) is 11.9 Å². The lowest BCUT2D eigenvalue weighted by Crippen LogP contribution is -2.37. The highest BCUT2D eigenvalue weighted by molar-refractivity contribution is 8.00. The van der Waals surface area contributed by atoms with Crippen LogP contribution in [-0.4, -0.2) is 29.6 Å². The molecule has 1 saturated carbocycles. The first kappa shape index (κ1) is 14.4. The second-order valence-electron chi connectivity index (χ2n) is 5.64. The minimum Gasteiger partial charge on any atom is -0.342 e. The maximum Gasteiger partial charge on any atom is 0.232 e. The number of rotatable bonds is 5. The number of nitrogens with zero attached hydrogens (tertiary/aromatic N) is 1. The largest absolute Gasteiger partial charge is 0.342 e. The fraction of sp³-hybridized carbons (Fsp3) is 0.562. The van der Waals surface area contributed by atoms with Crippen molar-refractivity contribution in [1.82, 2.24) is 4.90 Å². The minimum atomic E-state index is 0.241. The molecule has 19 heavy (non-hydrogen) atoms. The van der Waals surface area contributed by atoms with Crippen molar-refractivity contribution in [1.29, 1.82) is 0 Å². The monoisotopic (exact) mass is 277 g/mol. The fourth-order valence-corrected chi connectivity index (χ4v) is 3.27. The van der Waals surface area contributed by atoms with Gasteiger partial charge in [0.25, 0.3) is 0 Å². The summed E-state index contributed by atoms with van der Waals surface area (Å²) in [6, 6.07) is 6.80. The smallest absolute Gasteiger partial charge is 0.232 e. The van der Waals surface area contributed by atoms with Gasteiger partial charge in [-0.2, -0.15) is 0 Å². The Balaban J connectivity index is 1.90. The molecule has 2 rings (SSSR count). The van der Waals surface area contributed by atoms with E-state index in [-0.39, 0.29) is 5.91 Å². The molecule has 1 aliphatic carbocycles. The van der Waals surface area contributed by atoms with Crippen LogP contribution in [-0.2, 0) is 4.79 Å². The zero-order chi connectivity index (χ0) is 14.0. The predicted octanol–water partition coefficient (Wildman–Crippen LogP) is 3.65. The van der Waals surface area contributed by atoms with Crippen molar-refractivity contribution in [2.75, 3.05) is 12.8 Å². The molecular formula is C16H23NOS. The summed E-state index contributed by atoms with van der Waals surface area (Å²) in [5.74, 6) is 1.52. The summed E-state index contributed by atoms with van der Waals surface area (Å²) in [7, 11) is 1.94. The van der Waals surface area contributed by atoms with Gasteiger partial charge in [-0.15, -0.1) is 11.8 Å². The number of carbonyl (C=O) groups is 1. The second kappa shape index (κ2) is 6.00. The Morgan fingerprint density at radius 3 is 2.74 bits per heavy atom. The molecule has 1 aliphatic rings. The van der Waals surface area contributed by atoms with Crippen LogP contribution in [0.4, 0.5) is 0 Å². The van der Waals surface area contributed by atoms with Crippen molar-refractivity contribution < 1.29 is 4.79 Å². The van der Waals surface area contributed by atoms with Gasteiger partial charge in [0.05, 0.1) is 5.75 Å². The number of aryl methyl sites for hydroxylation is 2. The van der Waals surface area contributed by atoms with Crippen molar-refractivity contribution >= 4 is 17.7 Å². The Morgan fingerprint density at radius 2 is 2.11 bits per heavy atom. The minimum absolute atomic E-state index is 0.241. The maximum atomic E-state index is 12.2. The lowest BCUT2D eigenvalue weighted by Gasteiger charge is -2.24. The molecule has 1 amide bonds.